The molecule has 0 unspecified atom stereocenters. The van der Waals surface area contributed by atoms with Gasteiger partial charge in [0.25, 0.3) is 5.91 Å². The van der Waals surface area contributed by atoms with Crippen LogP contribution in [-0.2, 0) is 0 Å². The number of nitrogens with zero attached hydrogens (tertiary/aromatic N) is 4. The second-order valence-corrected chi connectivity index (χ2v) is 6.65. The zero-order valence-corrected chi connectivity index (χ0v) is 16.1. The fourth-order valence-corrected chi connectivity index (χ4v) is 3.19. The average molecular weight is 384 g/mol. The molecular weight excluding hydrogens is 364 g/mol. The maximum atomic E-state index is 12.9. The zero-order chi connectivity index (χ0) is 20.2. The Labute approximate surface area is 168 Å². The molecule has 1 aromatic carbocycles. The van der Waals surface area contributed by atoms with Crippen LogP contribution in [0.15, 0.2) is 67.4 Å². The van der Waals surface area contributed by atoms with Crippen molar-refractivity contribution in [3.05, 3.63) is 84.2 Å². The minimum absolute atomic E-state index is 0.179. The number of pyridine rings is 1. The second-order valence-electron chi connectivity index (χ2n) is 6.65. The molecule has 0 bridgehead atoms. The molecule has 0 aliphatic heterocycles. The van der Waals surface area contributed by atoms with E-state index in [1.165, 1.54) is 0 Å². The van der Waals surface area contributed by atoms with Crippen LogP contribution in [0, 0.1) is 6.92 Å². The third-order valence-electron chi connectivity index (χ3n) is 4.69. The number of aromatic amines is 1. The summed E-state index contributed by atoms with van der Waals surface area (Å²) < 4.78 is 0. The lowest BCUT2D eigenvalue weighted by molar-refractivity contribution is 0.0940. The van der Waals surface area contributed by atoms with E-state index in [9.17, 15) is 4.79 Å². The molecule has 0 aliphatic carbocycles. The number of hydrogen-bond donors (Lipinski definition) is 2. The molecule has 0 aliphatic rings. The molecule has 0 saturated carbocycles. The van der Waals surface area contributed by atoms with E-state index in [4.69, 9.17) is 0 Å². The van der Waals surface area contributed by atoms with Crippen LogP contribution in [0.2, 0.25) is 0 Å². The van der Waals surface area contributed by atoms with Crippen LogP contribution >= 0.6 is 0 Å². The highest BCUT2D eigenvalue weighted by Gasteiger charge is 2.18. The number of rotatable bonds is 5. The number of aromatic nitrogens is 5. The number of carbonyl (C=O) groups excluding carboxylic acids is 1. The molecule has 3 heterocycles. The maximum Gasteiger partial charge on any atom is 0.252 e. The first kappa shape index (κ1) is 18.5. The first-order valence-corrected chi connectivity index (χ1v) is 9.27. The molecule has 4 rings (SSSR count). The van der Waals surface area contributed by atoms with Crippen molar-refractivity contribution >= 4 is 5.91 Å². The molecule has 3 aromatic heterocycles. The molecule has 144 valence electrons. The van der Waals surface area contributed by atoms with E-state index in [1.807, 2.05) is 44.2 Å². The van der Waals surface area contributed by atoms with Crippen LogP contribution in [0.3, 0.4) is 0 Å². The Morgan fingerprint density at radius 1 is 1.07 bits per heavy atom. The minimum atomic E-state index is -0.251. The number of aryl methyl sites for hydroxylation is 1. The molecule has 0 fully saturated rings. The monoisotopic (exact) mass is 384 g/mol. The Kier molecular flexibility index (Phi) is 5.11. The van der Waals surface area contributed by atoms with Gasteiger partial charge < -0.3 is 10.3 Å². The average Bonchev–Trinajstić information content (AvgIpc) is 3.29. The van der Waals surface area contributed by atoms with Gasteiger partial charge in [-0.3, -0.25) is 9.78 Å². The summed E-state index contributed by atoms with van der Waals surface area (Å²) in [6.07, 6.45) is 8.58. The third-order valence-corrected chi connectivity index (χ3v) is 4.69. The topological polar surface area (TPSA) is 96.5 Å². The van der Waals surface area contributed by atoms with Gasteiger partial charge in [0, 0.05) is 53.4 Å². The Morgan fingerprint density at radius 3 is 2.59 bits per heavy atom. The lowest BCUT2D eigenvalue weighted by Gasteiger charge is -2.17. The summed E-state index contributed by atoms with van der Waals surface area (Å²) >= 11 is 0. The summed E-state index contributed by atoms with van der Waals surface area (Å²) in [6, 6.07) is 10.9. The number of H-pyrrole nitrogens is 1. The number of carbonyl (C=O) groups is 1. The molecule has 0 spiro atoms. The normalized spacial score (nSPS) is 11.8. The molecule has 0 saturated heterocycles. The van der Waals surface area contributed by atoms with E-state index in [1.54, 1.807) is 37.1 Å². The van der Waals surface area contributed by atoms with Crippen molar-refractivity contribution in [1.82, 2.24) is 30.2 Å². The van der Waals surface area contributed by atoms with Crippen molar-refractivity contribution in [2.45, 2.75) is 19.9 Å². The van der Waals surface area contributed by atoms with Crippen molar-refractivity contribution in [3.8, 4) is 22.8 Å². The fraction of sp³-hybridized carbons (Fsp3) is 0.136. The Morgan fingerprint density at radius 2 is 1.86 bits per heavy atom. The number of nitrogens with one attached hydrogen (secondary N) is 2. The first-order valence-electron chi connectivity index (χ1n) is 9.27. The summed E-state index contributed by atoms with van der Waals surface area (Å²) in [5.41, 5.74) is 3.90. The van der Waals surface area contributed by atoms with Crippen molar-refractivity contribution in [1.29, 1.82) is 0 Å². The van der Waals surface area contributed by atoms with E-state index in [2.05, 4.69) is 30.2 Å². The molecular formula is C22H20N6O. The van der Waals surface area contributed by atoms with Gasteiger partial charge >= 0.3 is 0 Å². The standard InChI is InChI=1S/C22H20N6O/c1-14-19(13-26-20(27-14)16-7-9-23-10-8-16)15(2)28-22(29)18-6-4-3-5-17(18)21-24-11-12-25-21/h3-13,15H,1-2H3,(H,24,25)(H,28,29)/t15-/m1/s1. The Balaban J connectivity index is 1.56. The van der Waals surface area contributed by atoms with Gasteiger partial charge in [-0.05, 0) is 32.0 Å². The maximum absolute atomic E-state index is 12.9. The SMILES string of the molecule is Cc1nc(-c2ccncc2)ncc1[C@@H](C)NC(=O)c1ccccc1-c1ncc[nH]1. The quantitative estimate of drug-likeness (QED) is 0.546. The van der Waals surface area contributed by atoms with E-state index >= 15 is 0 Å². The summed E-state index contributed by atoms with van der Waals surface area (Å²) in [4.78, 5) is 33.3. The first-order chi connectivity index (χ1) is 14.1. The summed E-state index contributed by atoms with van der Waals surface area (Å²) in [7, 11) is 0. The summed E-state index contributed by atoms with van der Waals surface area (Å²) in [5.74, 6) is 1.11. The van der Waals surface area contributed by atoms with Crippen LogP contribution in [0.4, 0.5) is 0 Å². The number of amides is 1. The van der Waals surface area contributed by atoms with Gasteiger partial charge in [-0.15, -0.1) is 0 Å². The number of imidazole rings is 1. The third kappa shape index (κ3) is 3.89. The van der Waals surface area contributed by atoms with E-state index in [0.29, 0.717) is 17.2 Å². The predicted octanol–water partition coefficient (Wildman–Crippen LogP) is 3.73. The molecule has 4 aromatic rings. The highest BCUT2D eigenvalue weighted by Crippen LogP contribution is 2.23. The van der Waals surface area contributed by atoms with Gasteiger partial charge in [0.2, 0.25) is 0 Å². The molecule has 7 nitrogen and oxygen atoms in total. The molecule has 0 radical (unpaired) electrons. The van der Waals surface area contributed by atoms with Gasteiger partial charge in [0.1, 0.15) is 5.82 Å². The van der Waals surface area contributed by atoms with Gasteiger partial charge in [0.05, 0.1) is 11.6 Å². The van der Waals surface area contributed by atoms with Crippen LogP contribution < -0.4 is 5.32 Å². The fourth-order valence-electron chi connectivity index (χ4n) is 3.19. The van der Waals surface area contributed by atoms with Gasteiger partial charge in [-0.25, -0.2) is 15.0 Å². The highest BCUT2D eigenvalue weighted by atomic mass is 16.1. The molecule has 1 atom stereocenters. The van der Waals surface area contributed by atoms with Crippen LogP contribution in [-0.4, -0.2) is 30.8 Å². The van der Waals surface area contributed by atoms with E-state index in [0.717, 1.165) is 22.4 Å². The van der Waals surface area contributed by atoms with E-state index < -0.39 is 0 Å². The summed E-state index contributed by atoms with van der Waals surface area (Å²) in [5, 5.41) is 3.04. The van der Waals surface area contributed by atoms with Gasteiger partial charge in [0.15, 0.2) is 5.82 Å². The van der Waals surface area contributed by atoms with Crippen molar-refractivity contribution < 1.29 is 4.79 Å². The largest absolute Gasteiger partial charge is 0.345 e. The minimum Gasteiger partial charge on any atom is -0.345 e. The lowest BCUT2D eigenvalue weighted by atomic mass is 10.0. The molecule has 7 heteroatoms. The van der Waals surface area contributed by atoms with Gasteiger partial charge in [-0.1, -0.05) is 18.2 Å². The molecule has 29 heavy (non-hydrogen) atoms. The smallest absolute Gasteiger partial charge is 0.252 e. The van der Waals surface area contributed by atoms with Crippen LogP contribution in [0.1, 0.15) is 34.6 Å². The number of hydrogen-bond acceptors (Lipinski definition) is 5. The number of benzene rings is 1. The summed E-state index contributed by atoms with van der Waals surface area (Å²) in [6.45, 7) is 3.84. The van der Waals surface area contributed by atoms with Crippen LogP contribution in [0.5, 0.6) is 0 Å². The van der Waals surface area contributed by atoms with Crippen LogP contribution in [0.25, 0.3) is 22.8 Å². The second kappa shape index (κ2) is 8.02. The molecule has 2 N–H and O–H groups in total. The Hall–Kier alpha value is -3.87. The zero-order valence-electron chi connectivity index (χ0n) is 16.1. The Bertz CT molecular complexity index is 1130. The van der Waals surface area contributed by atoms with Gasteiger partial charge in [-0.2, -0.15) is 0 Å². The van der Waals surface area contributed by atoms with E-state index in [-0.39, 0.29) is 11.9 Å². The lowest BCUT2D eigenvalue weighted by Crippen LogP contribution is -2.28. The van der Waals surface area contributed by atoms with Crippen molar-refractivity contribution in [3.63, 3.8) is 0 Å². The van der Waals surface area contributed by atoms with Crippen molar-refractivity contribution in [2.75, 3.05) is 0 Å². The van der Waals surface area contributed by atoms with Crippen molar-refractivity contribution in [2.24, 2.45) is 0 Å². The molecule has 1 amide bonds. The predicted molar refractivity (Wildman–Crippen MR) is 110 cm³/mol. The highest BCUT2D eigenvalue weighted by molar-refractivity contribution is 6.00.